The van der Waals surface area contributed by atoms with Gasteiger partial charge in [0.15, 0.2) is 0 Å². The Morgan fingerprint density at radius 2 is 2.00 bits per heavy atom. The first-order valence-electron chi connectivity index (χ1n) is 9.27. The second kappa shape index (κ2) is 7.46. The molecule has 2 heterocycles. The molecule has 6 heteroatoms. The topological polar surface area (TPSA) is 58.6 Å². The van der Waals surface area contributed by atoms with Crippen molar-refractivity contribution in [2.75, 3.05) is 25.5 Å². The molecule has 2 aliphatic rings. The second-order valence-electron chi connectivity index (χ2n) is 7.00. The van der Waals surface area contributed by atoms with Crippen molar-refractivity contribution in [2.24, 2.45) is 0 Å². The number of benzene rings is 2. The van der Waals surface area contributed by atoms with Crippen molar-refractivity contribution in [3.8, 4) is 5.75 Å². The molecule has 0 unspecified atom stereocenters. The van der Waals surface area contributed by atoms with Crippen LogP contribution in [0.3, 0.4) is 0 Å². The fourth-order valence-electron chi connectivity index (χ4n) is 3.86. The number of carbonyl (C=O) groups is 2. The molecular formula is C22H21FN2O3. The number of fused-ring (bicyclic) bond motifs is 1. The van der Waals surface area contributed by atoms with Gasteiger partial charge in [0.25, 0.3) is 0 Å². The normalized spacial score (nSPS) is 18.8. The molecule has 4 rings (SSSR count). The summed E-state index contributed by atoms with van der Waals surface area (Å²) in [6.45, 7) is 1.04. The Morgan fingerprint density at radius 1 is 1.21 bits per heavy atom. The number of nitrogens with one attached hydrogen (secondary N) is 1. The lowest BCUT2D eigenvalue weighted by Gasteiger charge is -2.33. The molecule has 1 atom stereocenters. The van der Waals surface area contributed by atoms with Gasteiger partial charge in [0.05, 0.1) is 18.7 Å². The van der Waals surface area contributed by atoms with Crippen molar-refractivity contribution in [1.29, 1.82) is 0 Å². The van der Waals surface area contributed by atoms with Crippen molar-refractivity contribution in [3.63, 3.8) is 0 Å². The van der Waals surface area contributed by atoms with Crippen molar-refractivity contribution in [1.82, 2.24) is 4.90 Å². The van der Waals surface area contributed by atoms with Gasteiger partial charge in [0, 0.05) is 19.5 Å². The van der Waals surface area contributed by atoms with Crippen molar-refractivity contribution < 1.29 is 18.7 Å². The largest absolute Gasteiger partial charge is 0.495 e. The predicted octanol–water partition coefficient (Wildman–Crippen LogP) is 3.58. The lowest BCUT2D eigenvalue weighted by Crippen LogP contribution is -2.40. The Hall–Kier alpha value is -3.15. The minimum absolute atomic E-state index is 0.0567. The molecule has 0 aromatic heterocycles. The van der Waals surface area contributed by atoms with E-state index in [1.807, 2.05) is 18.2 Å². The first kappa shape index (κ1) is 18.2. The molecule has 0 aliphatic carbocycles. The van der Waals surface area contributed by atoms with Crippen LogP contribution in [-0.2, 0) is 9.59 Å². The first-order chi connectivity index (χ1) is 13.6. The Bertz CT molecular complexity index is 953. The highest BCUT2D eigenvalue weighted by atomic mass is 19.1. The summed E-state index contributed by atoms with van der Waals surface area (Å²) in [5, 5.41) is 2.82. The Balaban J connectivity index is 1.55. The summed E-state index contributed by atoms with van der Waals surface area (Å²) in [7, 11) is 1.54. The van der Waals surface area contributed by atoms with E-state index >= 15 is 0 Å². The number of carbonyl (C=O) groups excluding carboxylic acids is 2. The molecule has 144 valence electrons. The van der Waals surface area contributed by atoms with Gasteiger partial charge in [0.1, 0.15) is 11.6 Å². The molecule has 2 aromatic rings. The molecule has 0 fully saturated rings. The van der Waals surface area contributed by atoms with Crippen LogP contribution in [-0.4, -0.2) is 36.9 Å². The summed E-state index contributed by atoms with van der Waals surface area (Å²) in [5.41, 5.74) is 3.45. The highest BCUT2D eigenvalue weighted by molar-refractivity contribution is 6.02. The monoisotopic (exact) mass is 380 g/mol. The summed E-state index contributed by atoms with van der Waals surface area (Å²) >= 11 is 0. The number of ether oxygens (including phenoxy) is 1. The fraction of sp³-hybridized carbons (Fsp3) is 0.273. The minimum atomic E-state index is -0.514. The molecular weight excluding hydrogens is 359 g/mol. The van der Waals surface area contributed by atoms with Gasteiger partial charge in [0.2, 0.25) is 11.8 Å². The summed E-state index contributed by atoms with van der Waals surface area (Å²) < 4.78 is 18.5. The molecule has 0 bridgehead atoms. The van der Waals surface area contributed by atoms with Gasteiger partial charge >= 0.3 is 0 Å². The number of para-hydroxylation sites is 1. The van der Waals surface area contributed by atoms with E-state index in [0.29, 0.717) is 30.9 Å². The molecule has 28 heavy (non-hydrogen) atoms. The number of rotatable bonds is 3. The van der Waals surface area contributed by atoms with Crippen molar-refractivity contribution in [3.05, 3.63) is 65.5 Å². The fourth-order valence-corrected chi connectivity index (χ4v) is 3.86. The quantitative estimate of drug-likeness (QED) is 0.886. The molecule has 5 nitrogen and oxygen atoms in total. The molecule has 2 aromatic carbocycles. The Morgan fingerprint density at radius 3 is 2.68 bits per heavy atom. The number of amides is 2. The predicted molar refractivity (Wildman–Crippen MR) is 105 cm³/mol. The molecule has 2 amide bonds. The number of methoxy groups -OCH3 is 1. The highest BCUT2D eigenvalue weighted by Gasteiger charge is 2.35. The van der Waals surface area contributed by atoms with E-state index in [-0.39, 0.29) is 24.1 Å². The molecule has 0 saturated heterocycles. The number of hydrogen-bond acceptors (Lipinski definition) is 3. The van der Waals surface area contributed by atoms with Gasteiger partial charge in [-0.1, -0.05) is 30.3 Å². The van der Waals surface area contributed by atoms with Crippen molar-refractivity contribution >= 4 is 23.1 Å². The van der Waals surface area contributed by atoms with Gasteiger partial charge in [-0.2, -0.15) is 0 Å². The maximum absolute atomic E-state index is 13.2. The standard InChI is InChI=1S/C22H21FN2O3/c1-28-19-4-2-3-17-18(13-20(26)24-21(17)19)22(27)25-11-9-15(10-12-25)14-5-7-16(23)8-6-14/h2-9,18H,10-13H2,1H3,(H,24,26)/t18-/m0/s1. The van der Waals surface area contributed by atoms with Crippen LogP contribution in [0.1, 0.15) is 29.9 Å². The Kier molecular flexibility index (Phi) is 4.86. The van der Waals surface area contributed by atoms with Gasteiger partial charge in [-0.05, 0) is 41.3 Å². The van der Waals surface area contributed by atoms with Crippen LogP contribution < -0.4 is 10.1 Å². The van der Waals surface area contributed by atoms with E-state index in [4.69, 9.17) is 4.74 Å². The third-order valence-electron chi connectivity index (χ3n) is 5.34. The van der Waals surface area contributed by atoms with E-state index in [0.717, 1.165) is 16.7 Å². The van der Waals surface area contributed by atoms with Crippen LogP contribution in [0, 0.1) is 5.82 Å². The van der Waals surface area contributed by atoms with Crippen LogP contribution >= 0.6 is 0 Å². The first-order valence-corrected chi connectivity index (χ1v) is 9.27. The van der Waals surface area contributed by atoms with Gasteiger partial charge in [-0.25, -0.2) is 4.39 Å². The van der Waals surface area contributed by atoms with Gasteiger partial charge in [-0.15, -0.1) is 0 Å². The zero-order chi connectivity index (χ0) is 19.7. The summed E-state index contributed by atoms with van der Waals surface area (Å²) in [6.07, 6.45) is 2.83. The maximum Gasteiger partial charge on any atom is 0.231 e. The zero-order valence-electron chi connectivity index (χ0n) is 15.6. The van der Waals surface area contributed by atoms with E-state index < -0.39 is 5.92 Å². The van der Waals surface area contributed by atoms with Crippen LogP contribution in [0.15, 0.2) is 48.5 Å². The van der Waals surface area contributed by atoms with E-state index in [9.17, 15) is 14.0 Å². The maximum atomic E-state index is 13.2. The summed E-state index contributed by atoms with van der Waals surface area (Å²) in [5.74, 6) is -0.463. The van der Waals surface area contributed by atoms with Crippen LogP contribution in [0.5, 0.6) is 5.75 Å². The van der Waals surface area contributed by atoms with E-state index in [2.05, 4.69) is 5.32 Å². The third kappa shape index (κ3) is 3.38. The van der Waals surface area contributed by atoms with Crippen LogP contribution in [0.25, 0.3) is 5.57 Å². The zero-order valence-corrected chi connectivity index (χ0v) is 15.6. The summed E-state index contributed by atoms with van der Waals surface area (Å²) in [4.78, 5) is 27.1. The highest BCUT2D eigenvalue weighted by Crippen LogP contribution is 2.39. The van der Waals surface area contributed by atoms with Gasteiger partial charge < -0.3 is 15.0 Å². The molecule has 0 spiro atoms. The number of halogens is 1. The third-order valence-corrected chi connectivity index (χ3v) is 5.34. The lowest BCUT2D eigenvalue weighted by atomic mass is 9.88. The number of nitrogens with zero attached hydrogens (tertiary/aromatic N) is 1. The van der Waals surface area contributed by atoms with Gasteiger partial charge in [-0.3, -0.25) is 9.59 Å². The molecule has 1 N–H and O–H groups in total. The van der Waals surface area contributed by atoms with E-state index in [1.165, 1.54) is 12.1 Å². The summed E-state index contributed by atoms with van der Waals surface area (Å²) in [6, 6.07) is 11.9. The number of anilines is 1. The average Bonchev–Trinajstić information content (AvgIpc) is 2.73. The minimum Gasteiger partial charge on any atom is -0.495 e. The Labute approximate surface area is 162 Å². The van der Waals surface area contributed by atoms with Crippen molar-refractivity contribution in [2.45, 2.75) is 18.8 Å². The smallest absolute Gasteiger partial charge is 0.231 e. The lowest BCUT2D eigenvalue weighted by molar-refractivity contribution is -0.134. The molecule has 0 saturated carbocycles. The molecule has 0 radical (unpaired) electrons. The average molecular weight is 380 g/mol. The van der Waals surface area contributed by atoms with Crippen LogP contribution in [0.2, 0.25) is 0 Å². The SMILES string of the molecule is COc1cccc2c1NC(=O)C[C@@H]2C(=O)N1CC=C(c2ccc(F)cc2)CC1. The molecule has 2 aliphatic heterocycles. The van der Waals surface area contributed by atoms with Crippen LogP contribution in [0.4, 0.5) is 10.1 Å². The second-order valence-corrected chi connectivity index (χ2v) is 7.00. The van der Waals surface area contributed by atoms with E-state index in [1.54, 1.807) is 30.2 Å². The number of hydrogen-bond donors (Lipinski definition) is 1.